The number of hydrogen-bond acceptors (Lipinski definition) is 10. The molecule has 49 heavy (non-hydrogen) atoms. The van der Waals surface area contributed by atoms with Crippen molar-refractivity contribution in [3.05, 3.63) is 22.7 Å². The molecule has 2 aliphatic heterocycles. The van der Waals surface area contributed by atoms with Crippen LogP contribution in [0.2, 0.25) is 5.02 Å². The lowest BCUT2D eigenvalue weighted by Gasteiger charge is -2.36. The van der Waals surface area contributed by atoms with Crippen molar-refractivity contribution >= 4 is 46.9 Å². The number of alkyl carbamates (subject to hydrolysis) is 1. The number of methoxy groups -OCH3 is 1. The van der Waals surface area contributed by atoms with Gasteiger partial charge in [-0.15, -0.1) is 0 Å². The summed E-state index contributed by atoms with van der Waals surface area (Å²) in [5.41, 5.74) is -1.75. The number of carbonyl (C=O) groups excluding carboxylic acids is 5. The van der Waals surface area contributed by atoms with E-state index >= 15 is 0 Å². The quantitative estimate of drug-likeness (QED) is 0.274. The number of amides is 4. The minimum absolute atomic E-state index is 0.000953. The van der Waals surface area contributed by atoms with Crippen molar-refractivity contribution in [1.82, 2.24) is 20.9 Å². The number of rotatable bonds is 12. The van der Waals surface area contributed by atoms with Gasteiger partial charge in [0.15, 0.2) is 5.60 Å². The zero-order valence-corrected chi connectivity index (χ0v) is 30.8. The summed E-state index contributed by atoms with van der Waals surface area (Å²) in [6.07, 6.45) is 0.0923. The first-order chi connectivity index (χ1) is 22.8. The standard InChI is InChI=1S/C34H50ClN5O9/c1-11-13-21(26(41)29(43)36-9)37-28(42)23-17-34(16-22(39-49-34)19-14-20(35)25(47-12-2)15-24(19)46-10)18-40(23)30(44)27(32(3,4)5)38-31(45)48-33(6,7)8/h14-15,21,23,27H,11-13,16-18H2,1-10H3,(H,36,43)(H,37,42)(H,38,45)/t21-,23-,27+,34+/m0/s1. The van der Waals surface area contributed by atoms with E-state index in [1.54, 1.807) is 53.7 Å². The second kappa shape index (κ2) is 15.6. The first-order valence-corrected chi connectivity index (χ1v) is 16.8. The molecule has 2 aliphatic rings. The molecule has 15 heteroatoms. The van der Waals surface area contributed by atoms with Gasteiger partial charge in [-0.2, -0.15) is 0 Å². The van der Waals surface area contributed by atoms with Gasteiger partial charge in [0, 0.05) is 31.5 Å². The van der Waals surface area contributed by atoms with Gasteiger partial charge in [0.05, 0.1) is 37.0 Å². The molecule has 14 nitrogen and oxygen atoms in total. The summed E-state index contributed by atoms with van der Waals surface area (Å²) in [4.78, 5) is 73.9. The van der Waals surface area contributed by atoms with Gasteiger partial charge in [-0.25, -0.2) is 4.79 Å². The van der Waals surface area contributed by atoms with Crippen molar-refractivity contribution in [3.8, 4) is 11.5 Å². The molecule has 3 N–H and O–H groups in total. The van der Waals surface area contributed by atoms with E-state index in [0.717, 1.165) is 0 Å². The zero-order chi connectivity index (χ0) is 36.9. The minimum Gasteiger partial charge on any atom is -0.496 e. The number of likely N-dealkylation sites (tertiary alicyclic amines) is 1. The molecule has 0 saturated carbocycles. The largest absolute Gasteiger partial charge is 0.496 e. The van der Waals surface area contributed by atoms with Crippen molar-refractivity contribution in [2.75, 3.05) is 27.3 Å². The molecule has 1 fully saturated rings. The molecule has 1 saturated heterocycles. The molecule has 3 rings (SSSR count). The zero-order valence-electron chi connectivity index (χ0n) is 30.1. The monoisotopic (exact) mass is 707 g/mol. The third kappa shape index (κ3) is 9.55. The summed E-state index contributed by atoms with van der Waals surface area (Å²) in [5, 5.41) is 12.4. The summed E-state index contributed by atoms with van der Waals surface area (Å²) in [7, 11) is 2.83. The van der Waals surface area contributed by atoms with Crippen LogP contribution in [-0.4, -0.2) is 96.8 Å². The van der Waals surface area contributed by atoms with E-state index < -0.39 is 64.3 Å². The average Bonchev–Trinajstić information content (AvgIpc) is 3.61. The SMILES string of the molecule is CCC[C@H](NC(=O)[C@@H]1C[C@]2(CC(c3cc(Cl)c(OCC)cc3OC)=NO2)CN1C(=O)[C@@H](NC(=O)OC(C)(C)C)C(C)(C)C)C(=O)C(=O)NC. The Labute approximate surface area is 292 Å². The van der Waals surface area contributed by atoms with Gasteiger partial charge in [0.1, 0.15) is 29.2 Å². The first-order valence-electron chi connectivity index (χ1n) is 16.4. The molecular formula is C34H50ClN5O9. The number of likely N-dealkylation sites (N-methyl/N-ethyl adjacent to an activating group) is 1. The molecule has 4 atom stereocenters. The molecule has 0 aliphatic carbocycles. The van der Waals surface area contributed by atoms with E-state index in [1.165, 1.54) is 19.1 Å². The Balaban J connectivity index is 2.01. The van der Waals surface area contributed by atoms with Crippen LogP contribution in [0.3, 0.4) is 0 Å². The first kappa shape index (κ1) is 39.4. The maximum atomic E-state index is 14.4. The Morgan fingerprint density at radius 1 is 1.08 bits per heavy atom. The fraction of sp³-hybridized carbons (Fsp3) is 0.647. The Bertz CT molecular complexity index is 1470. The van der Waals surface area contributed by atoms with E-state index in [1.807, 2.05) is 13.8 Å². The van der Waals surface area contributed by atoms with E-state index in [9.17, 15) is 24.0 Å². The molecule has 1 spiro atoms. The average molecular weight is 708 g/mol. The Hall–Kier alpha value is -4.07. The highest BCUT2D eigenvalue weighted by atomic mass is 35.5. The maximum absolute atomic E-state index is 14.4. The van der Waals surface area contributed by atoms with Crippen LogP contribution in [0.15, 0.2) is 17.3 Å². The van der Waals surface area contributed by atoms with Crippen molar-refractivity contribution in [1.29, 1.82) is 0 Å². The lowest BCUT2D eigenvalue weighted by atomic mass is 9.85. The van der Waals surface area contributed by atoms with Crippen LogP contribution in [0.1, 0.15) is 86.6 Å². The molecule has 272 valence electrons. The van der Waals surface area contributed by atoms with Gasteiger partial charge < -0.3 is 39.9 Å². The Morgan fingerprint density at radius 3 is 2.31 bits per heavy atom. The molecule has 0 bridgehead atoms. The number of ether oxygens (including phenoxy) is 3. The summed E-state index contributed by atoms with van der Waals surface area (Å²) in [6.45, 7) is 14.4. The molecular weight excluding hydrogens is 658 g/mol. The number of nitrogens with one attached hydrogen (secondary N) is 3. The maximum Gasteiger partial charge on any atom is 0.408 e. The molecule has 1 aromatic rings. The molecule has 0 aromatic heterocycles. The molecule has 2 heterocycles. The number of nitrogens with zero attached hydrogens (tertiary/aromatic N) is 2. The summed E-state index contributed by atoms with van der Waals surface area (Å²) < 4.78 is 16.7. The van der Waals surface area contributed by atoms with Gasteiger partial charge in [-0.1, -0.05) is 50.9 Å². The second-order valence-electron chi connectivity index (χ2n) is 14.3. The van der Waals surface area contributed by atoms with Gasteiger partial charge in [0.25, 0.3) is 5.91 Å². The van der Waals surface area contributed by atoms with E-state index in [-0.39, 0.29) is 25.8 Å². The van der Waals surface area contributed by atoms with Gasteiger partial charge >= 0.3 is 6.09 Å². The van der Waals surface area contributed by atoms with Crippen molar-refractivity contribution in [3.63, 3.8) is 0 Å². The van der Waals surface area contributed by atoms with Crippen LogP contribution in [0.4, 0.5) is 4.79 Å². The number of ketones is 1. The van der Waals surface area contributed by atoms with Crippen LogP contribution in [0.5, 0.6) is 11.5 Å². The number of oxime groups is 1. The summed E-state index contributed by atoms with van der Waals surface area (Å²) in [6, 6.07) is -0.0537. The van der Waals surface area contributed by atoms with Crippen molar-refractivity contribution < 1.29 is 43.0 Å². The van der Waals surface area contributed by atoms with Crippen LogP contribution < -0.4 is 25.4 Å². The third-order valence-electron chi connectivity index (χ3n) is 8.12. The van der Waals surface area contributed by atoms with Gasteiger partial charge in [0.2, 0.25) is 17.6 Å². The van der Waals surface area contributed by atoms with Crippen LogP contribution in [0.25, 0.3) is 0 Å². The fourth-order valence-electron chi connectivity index (χ4n) is 5.82. The summed E-state index contributed by atoms with van der Waals surface area (Å²) in [5.74, 6) is -1.97. The number of hydrogen-bond donors (Lipinski definition) is 3. The van der Waals surface area contributed by atoms with E-state index in [2.05, 4.69) is 21.1 Å². The normalized spacial score (nSPS) is 20.1. The minimum atomic E-state index is -1.15. The smallest absolute Gasteiger partial charge is 0.408 e. The van der Waals surface area contributed by atoms with Crippen LogP contribution in [-0.2, 0) is 28.8 Å². The van der Waals surface area contributed by atoms with Gasteiger partial charge in [-0.3, -0.25) is 19.2 Å². The van der Waals surface area contributed by atoms with Crippen molar-refractivity contribution in [2.24, 2.45) is 10.6 Å². The predicted molar refractivity (Wildman–Crippen MR) is 183 cm³/mol. The lowest BCUT2D eigenvalue weighted by molar-refractivity contribution is -0.144. The Morgan fingerprint density at radius 2 is 1.76 bits per heavy atom. The third-order valence-corrected chi connectivity index (χ3v) is 8.42. The van der Waals surface area contributed by atoms with E-state index in [0.29, 0.717) is 40.8 Å². The summed E-state index contributed by atoms with van der Waals surface area (Å²) >= 11 is 6.50. The highest BCUT2D eigenvalue weighted by Crippen LogP contribution is 2.42. The number of halogens is 1. The highest BCUT2D eigenvalue weighted by Gasteiger charge is 2.56. The molecule has 4 amide bonds. The predicted octanol–water partition coefficient (Wildman–Crippen LogP) is 3.75. The van der Waals surface area contributed by atoms with Crippen molar-refractivity contribution in [2.45, 2.75) is 110 Å². The second-order valence-corrected chi connectivity index (χ2v) is 14.7. The van der Waals surface area contributed by atoms with Crippen LogP contribution >= 0.6 is 11.6 Å². The topological polar surface area (TPSA) is 174 Å². The molecule has 0 radical (unpaired) electrons. The number of carbonyl (C=O) groups is 5. The number of benzene rings is 1. The van der Waals surface area contributed by atoms with Crippen LogP contribution in [0, 0.1) is 5.41 Å². The van der Waals surface area contributed by atoms with Gasteiger partial charge in [-0.05, 0) is 45.6 Å². The Kier molecular flexibility index (Phi) is 12.6. The molecule has 1 aromatic carbocycles. The fourth-order valence-corrected chi connectivity index (χ4v) is 6.03. The lowest BCUT2D eigenvalue weighted by Crippen LogP contribution is -2.59. The van der Waals surface area contributed by atoms with E-state index in [4.69, 9.17) is 30.6 Å². The number of Topliss-reactive ketones (excluding diaryl/α,β-unsaturated/α-hetero) is 1. The highest BCUT2D eigenvalue weighted by molar-refractivity contribution is 6.38. The molecule has 0 unspecified atom stereocenters.